The van der Waals surface area contributed by atoms with Crippen molar-refractivity contribution in [3.8, 4) is 5.88 Å². The highest BCUT2D eigenvalue weighted by Crippen LogP contribution is 2.10. The number of halogens is 1. The van der Waals surface area contributed by atoms with Crippen LogP contribution in [0.1, 0.15) is 5.76 Å². The summed E-state index contributed by atoms with van der Waals surface area (Å²) in [7, 11) is 1.50. The van der Waals surface area contributed by atoms with Crippen molar-refractivity contribution < 1.29 is 14.1 Å². The third kappa shape index (κ3) is 2.75. The van der Waals surface area contributed by atoms with E-state index in [1.54, 1.807) is 6.07 Å². The molecule has 2 N–H and O–H groups in total. The van der Waals surface area contributed by atoms with E-state index in [2.05, 4.69) is 9.99 Å². The Balaban J connectivity index is 0.000001000. The molecular formula is C5H9ClN2O3. The molecule has 0 amide bonds. The Morgan fingerprint density at radius 2 is 2.45 bits per heavy atom. The molecule has 1 heterocycles. The topological polar surface area (TPSA) is 70.5 Å². The maximum Gasteiger partial charge on any atom is 0.254 e. The van der Waals surface area contributed by atoms with E-state index >= 15 is 0 Å². The van der Waals surface area contributed by atoms with Gasteiger partial charge in [-0.25, -0.2) is 5.90 Å². The second-order valence-corrected chi connectivity index (χ2v) is 1.65. The molecule has 1 rings (SSSR count). The number of methoxy groups -OCH3 is 1. The molecule has 6 heteroatoms. The molecule has 0 radical (unpaired) electrons. The number of aromatic nitrogens is 1. The lowest BCUT2D eigenvalue weighted by Gasteiger charge is -1.86. The summed E-state index contributed by atoms with van der Waals surface area (Å²) in [6.07, 6.45) is 0. The minimum absolute atomic E-state index is 0. The van der Waals surface area contributed by atoms with Crippen molar-refractivity contribution in [2.24, 2.45) is 5.90 Å². The number of hydrogen-bond acceptors (Lipinski definition) is 5. The standard InChI is InChI=1S/C5H8N2O3.ClH/c1-8-5-2-4(3-9-6)10-7-5;/h2H,3,6H2,1H3;1H. The van der Waals surface area contributed by atoms with E-state index in [9.17, 15) is 0 Å². The molecule has 0 spiro atoms. The SMILES string of the molecule is COc1cc(CON)on1.Cl. The van der Waals surface area contributed by atoms with Crippen LogP contribution in [0.15, 0.2) is 10.6 Å². The van der Waals surface area contributed by atoms with Gasteiger partial charge in [-0.15, -0.1) is 12.4 Å². The van der Waals surface area contributed by atoms with Gasteiger partial charge in [0.05, 0.1) is 7.11 Å². The summed E-state index contributed by atoms with van der Waals surface area (Å²) in [5.74, 6) is 5.75. The van der Waals surface area contributed by atoms with Crippen LogP contribution in [0.2, 0.25) is 0 Å². The first-order chi connectivity index (χ1) is 4.86. The van der Waals surface area contributed by atoms with Gasteiger partial charge in [-0.2, -0.15) is 0 Å². The lowest BCUT2D eigenvalue weighted by molar-refractivity contribution is 0.103. The number of rotatable bonds is 3. The van der Waals surface area contributed by atoms with Crippen LogP contribution in [-0.2, 0) is 11.4 Å². The summed E-state index contributed by atoms with van der Waals surface area (Å²) in [5.41, 5.74) is 0. The van der Waals surface area contributed by atoms with Crippen molar-refractivity contribution in [3.05, 3.63) is 11.8 Å². The highest BCUT2D eigenvalue weighted by molar-refractivity contribution is 5.85. The zero-order chi connectivity index (χ0) is 7.40. The van der Waals surface area contributed by atoms with Gasteiger partial charge in [0.15, 0.2) is 5.76 Å². The van der Waals surface area contributed by atoms with Gasteiger partial charge in [0, 0.05) is 6.07 Å². The summed E-state index contributed by atoms with van der Waals surface area (Å²) in [5, 5.41) is 3.52. The average molecular weight is 181 g/mol. The minimum Gasteiger partial charge on any atom is -0.479 e. The van der Waals surface area contributed by atoms with Crippen molar-refractivity contribution >= 4 is 12.4 Å². The van der Waals surface area contributed by atoms with Crippen molar-refractivity contribution in [2.75, 3.05) is 7.11 Å². The lowest BCUT2D eigenvalue weighted by atomic mass is 10.5. The Morgan fingerprint density at radius 1 is 1.73 bits per heavy atom. The van der Waals surface area contributed by atoms with Gasteiger partial charge in [-0.3, -0.25) is 4.84 Å². The zero-order valence-corrected chi connectivity index (χ0v) is 6.76. The maximum absolute atomic E-state index is 4.78. The van der Waals surface area contributed by atoms with Gasteiger partial charge in [0.1, 0.15) is 6.61 Å². The first-order valence-corrected chi connectivity index (χ1v) is 2.68. The third-order valence-corrected chi connectivity index (χ3v) is 0.972. The van der Waals surface area contributed by atoms with E-state index in [0.29, 0.717) is 11.6 Å². The number of ether oxygens (including phenoxy) is 1. The Kier molecular flexibility index (Phi) is 4.60. The van der Waals surface area contributed by atoms with Crippen LogP contribution in [0.4, 0.5) is 0 Å². The molecule has 64 valence electrons. The summed E-state index contributed by atoms with van der Waals surface area (Å²) >= 11 is 0. The monoisotopic (exact) mass is 180 g/mol. The maximum atomic E-state index is 4.78. The Bertz CT molecular complexity index is 203. The van der Waals surface area contributed by atoms with Crippen LogP contribution >= 0.6 is 12.4 Å². The molecule has 0 fully saturated rings. The second kappa shape index (κ2) is 4.95. The minimum atomic E-state index is 0. The first-order valence-electron chi connectivity index (χ1n) is 2.68. The lowest BCUT2D eigenvalue weighted by Crippen LogP contribution is -1.97. The first kappa shape index (κ1) is 10.2. The molecule has 0 saturated carbocycles. The zero-order valence-electron chi connectivity index (χ0n) is 5.94. The van der Waals surface area contributed by atoms with E-state index in [1.165, 1.54) is 7.11 Å². The van der Waals surface area contributed by atoms with E-state index < -0.39 is 0 Å². The van der Waals surface area contributed by atoms with Crippen LogP contribution in [0.5, 0.6) is 5.88 Å². The molecule has 5 nitrogen and oxygen atoms in total. The summed E-state index contributed by atoms with van der Waals surface area (Å²) in [4.78, 5) is 4.30. The summed E-state index contributed by atoms with van der Waals surface area (Å²) < 4.78 is 9.46. The molecule has 1 aromatic rings. The van der Waals surface area contributed by atoms with Crippen molar-refractivity contribution in [3.63, 3.8) is 0 Å². The van der Waals surface area contributed by atoms with E-state index in [4.69, 9.17) is 15.2 Å². The number of nitrogens with zero attached hydrogens (tertiary/aromatic N) is 1. The quantitative estimate of drug-likeness (QED) is 0.686. The summed E-state index contributed by atoms with van der Waals surface area (Å²) in [6.45, 7) is 0.205. The number of hydrogen-bond donors (Lipinski definition) is 1. The normalized spacial score (nSPS) is 8.91. The molecule has 0 atom stereocenters. The molecular weight excluding hydrogens is 172 g/mol. The molecule has 0 aliphatic rings. The predicted molar refractivity (Wildman–Crippen MR) is 39.3 cm³/mol. The Hall–Kier alpha value is -0.780. The second-order valence-electron chi connectivity index (χ2n) is 1.65. The van der Waals surface area contributed by atoms with Crippen LogP contribution in [0.3, 0.4) is 0 Å². The van der Waals surface area contributed by atoms with E-state index in [-0.39, 0.29) is 19.0 Å². The highest BCUT2D eigenvalue weighted by Gasteiger charge is 2.01. The molecule has 0 saturated heterocycles. The molecule has 0 aromatic carbocycles. The fraction of sp³-hybridized carbons (Fsp3) is 0.400. The van der Waals surface area contributed by atoms with Crippen molar-refractivity contribution in [2.45, 2.75) is 6.61 Å². The van der Waals surface area contributed by atoms with Gasteiger partial charge in [-0.05, 0) is 5.16 Å². The highest BCUT2D eigenvalue weighted by atomic mass is 35.5. The van der Waals surface area contributed by atoms with Crippen molar-refractivity contribution in [1.82, 2.24) is 5.16 Å². The Morgan fingerprint density at radius 3 is 2.91 bits per heavy atom. The van der Waals surface area contributed by atoms with Gasteiger partial charge in [-0.1, -0.05) is 0 Å². The van der Waals surface area contributed by atoms with E-state index in [1.807, 2.05) is 0 Å². The predicted octanol–water partition coefficient (Wildman–Crippen LogP) is 0.495. The van der Waals surface area contributed by atoms with Gasteiger partial charge in [0.2, 0.25) is 0 Å². The fourth-order valence-corrected chi connectivity index (χ4v) is 0.540. The Labute approximate surface area is 69.8 Å². The molecule has 0 unspecified atom stereocenters. The molecule has 0 bridgehead atoms. The average Bonchev–Trinajstić information content (AvgIpc) is 2.37. The summed E-state index contributed by atoms with van der Waals surface area (Å²) in [6, 6.07) is 1.60. The molecule has 0 aliphatic carbocycles. The van der Waals surface area contributed by atoms with Crippen LogP contribution in [-0.4, -0.2) is 12.3 Å². The van der Waals surface area contributed by atoms with Gasteiger partial charge >= 0.3 is 0 Å². The van der Waals surface area contributed by atoms with Crippen molar-refractivity contribution in [1.29, 1.82) is 0 Å². The van der Waals surface area contributed by atoms with Gasteiger partial charge < -0.3 is 9.26 Å². The molecule has 11 heavy (non-hydrogen) atoms. The van der Waals surface area contributed by atoms with Crippen LogP contribution in [0, 0.1) is 0 Å². The van der Waals surface area contributed by atoms with E-state index in [0.717, 1.165) is 0 Å². The fourth-order valence-electron chi connectivity index (χ4n) is 0.540. The van der Waals surface area contributed by atoms with Crippen LogP contribution in [0.25, 0.3) is 0 Å². The number of nitrogens with two attached hydrogens (primary N) is 1. The molecule has 0 aliphatic heterocycles. The molecule has 1 aromatic heterocycles. The largest absolute Gasteiger partial charge is 0.479 e. The third-order valence-electron chi connectivity index (χ3n) is 0.972. The smallest absolute Gasteiger partial charge is 0.254 e. The van der Waals surface area contributed by atoms with Gasteiger partial charge in [0.25, 0.3) is 5.88 Å². The van der Waals surface area contributed by atoms with Crippen LogP contribution < -0.4 is 10.6 Å².